The Kier molecular flexibility index (Phi) is 3.37. The van der Waals surface area contributed by atoms with E-state index in [-0.39, 0.29) is 11.0 Å². The van der Waals surface area contributed by atoms with E-state index < -0.39 is 6.29 Å². The molecule has 4 unspecified atom stereocenters. The van der Waals surface area contributed by atoms with Crippen molar-refractivity contribution in [1.82, 2.24) is 0 Å². The van der Waals surface area contributed by atoms with Crippen molar-refractivity contribution in [3.63, 3.8) is 0 Å². The molecule has 3 nitrogen and oxygen atoms in total. The van der Waals surface area contributed by atoms with Crippen LogP contribution < -0.4 is 0 Å². The Morgan fingerprint density at radius 2 is 2.15 bits per heavy atom. The van der Waals surface area contributed by atoms with Gasteiger partial charge in [0.1, 0.15) is 0 Å². The fourth-order valence-corrected chi connectivity index (χ4v) is 8.83. The molecular formula is C24H32O3. The van der Waals surface area contributed by atoms with Crippen molar-refractivity contribution < 1.29 is 14.6 Å². The number of fused-ring (bicyclic) bond motifs is 9. The fraction of sp³-hybridized carbons (Fsp3) is 0.792. The van der Waals surface area contributed by atoms with E-state index >= 15 is 0 Å². The normalized spacial score (nSPS) is 57.7. The molecule has 1 N–H and O–H groups in total. The van der Waals surface area contributed by atoms with Crippen molar-refractivity contribution in [2.75, 3.05) is 0 Å². The SMILES string of the molecule is CC[C@H]1CC2=CC(=O)CC[C@@H]2C2CC[C@@]3(C)C(C21)[C@H]1C[C@H]1[C@@]31C=CC(O)O1. The minimum atomic E-state index is -0.716. The van der Waals surface area contributed by atoms with Gasteiger partial charge in [0, 0.05) is 11.8 Å². The molecule has 3 heteroatoms. The minimum absolute atomic E-state index is 0.162. The van der Waals surface area contributed by atoms with Crippen LogP contribution in [0.5, 0.6) is 0 Å². The van der Waals surface area contributed by atoms with E-state index in [4.69, 9.17) is 4.74 Å². The van der Waals surface area contributed by atoms with Crippen LogP contribution in [-0.2, 0) is 9.53 Å². The lowest BCUT2D eigenvalue weighted by molar-refractivity contribution is -0.198. The number of aliphatic hydroxyl groups excluding tert-OH is 1. The first-order valence-corrected chi connectivity index (χ1v) is 11.3. The highest BCUT2D eigenvalue weighted by Crippen LogP contribution is 2.78. The molecule has 0 amide bonds. The third-order valence-corrected chi connectivity index (χ3v) is 9.82. The molecule has 0 aromatic carbocycles. The van der Waals surface area contributed by atoms with Gasteiger partial charge in [-0.1, -0.05) is 31.9 Å². The smallest absolute Gasteiger partial charge is 0.175 e. The predicted octanol–water partition coefficient (Wildman–Crippen LogP) is 4.26. The number of ketones is 1. The second-order valence-electron chi connectivity index (χ2n) is 10.6. The summed E-state index contributed by atoms with van der Waals surface area (Å²) in [5, 5.41) is 10.2. The van der Waals surface area contributed by atoms with Crippen molar-refractivity contribution in [2.45, 2.75) is 70.7 Å². The van der Waals surface area contributed by atoms with Gasteiger partial charge >= 0.3 is 0 Å². The summed E-state index contributed by atoms with van der Waals surface area (Å²) in [6, 6.07) is 0. The molecule has 1 heterocycles. The first-order chi connectivity index (χ1) is 13.0. The van der Waals surface area contributed by atoms with Crippen LogP contribution in [0, 0.1) is 46.8 Å². The van der Waals surface area contributed by atoms with Crippen molar-refractivity contribution in [1.29, 1.82) is 0 Å². The van der Waals surface area contributed by atoms with Crippen molar-refractivity contribution >= 4 is 5.78 Å². The molecule has 0 bridgehead atoms. The third-order valence-electron chi connectivity index (χ3n) is 9.82. The molecule has 0 aromatic heterocycles. The van der Waals surface area contributed by atoms with E-state index in [1.807, 2.05) is 12.2 Å². The van der Waals surface area contributed by atoms with Crippen molar-refractivity contribution in [2.24, 2.45) is 46.8 Å². The summed E-state index contributed by atoms with van der Waals surface area (Å²) in [4.78, 5) is 12.0. The number of ether oxygens (including phenoxy) is 1. The number of rotatable bonds is 1. The molecule has 146 valence electrons. The van der Waals surface area contributed by atoms with E-state index in [2.05, 4.69) is 19.9 Å². The zero-order valence-electron chi connectivity index (χ0n) is 16.6. The van der Waals surface area contributed by atoms with E-state index in [9.17, 15) is 9.90 Å². The lowest BCUT2D eigenvalue weighted by Crippen LogP contribution is -2.56. The van der Waals surface area contributed by atoms with Gasteiger partial charge in [-0.3, -0.25) is 4.79 Å². The van der Waals surface area contributed by atoms with Gasteiger partial charge < -0.3 is 9.84 Å². The van der Waals surface area contributed by atoms with Crippen molar-refractivity contribution in [3.05, 3.63) is 23.8 Å². The maximum Gasteiger partial charge on any atom is 0.175 e. The largest absolute Gasteiger partial charge is 0.365 e. The summed E-state index contributed by atoms with van der Waals surface area (Å²) < 4.78 is 6.29. The van der Waals surface area contributed by atoms with Crippen LogP contribution in [0.15, 0.2) is 23.8 Å². The van der Waals surface area contributed by atoms with E-state index in [0.29, 0.717) is 23.5 Å². The van der Waals surface area contributed by atoms with Gasteiger partial charge in [0.25, 0.3) is 0 Å². The van der Waals surface area contributed by atoms with Crippen LogP contribution in [0.2, 0.25) is 0 Å². The number of allylic oxidation sites excluding steroid dienone is 1. The van der Waals surface area contributed by atoms with Crippen LogP contribution in [0.1, 0.15) is 58.8 Å². The Labute approximate surface area is 162 Å². The molecule has 5 aliphatic carbocycles. The van der Waals surface area contributed by atoms with Crippen LogP contribution in [0.4, 0.5) is 0 Å². The average Bonchev–Trinajstić information content (AvgIpc) is 3.29. The Morgan fingerprint density at radius 3 is 2.89 bits per heavy atom. The first-order valence-electron chi connectivity index (χ1n) is 11.3. The molecule has 4 saturated carbocycles. The molecular weight excluding hydrogens is 336 g/mol. The Morgan fingerprint density at radius 1 is 1.30 bits per heavy atom. The van der Waals surface area contributed by atoms with Gasteiger partial charge in [0.15, 0.2) is 12.1 Å². The quantitative estimate of drug-likeness (QED) is 0.703. The lowest BCUT2D eigenvalue weighted by atomic mass is 9.46. The average molecular weight is 369 g/mol. The molecule has 10 atom stereocenters. The van der Waals surface area contributed by atoms with Crippen LogP contribution >= 0.6 is 0 Å². The van der Waals surface area contributed by atoms with E-state index in [1.165, 1.54) is 31.3 Å². The fourth-order valence-electron chi connectivity index (χ4n) is 8.83. The maximum atomic E-state index is 12.0. The third kappa shape index (κ3) is 1.98. The number of hydrogen-bond acceptors (Lipinski definition) is 3. The van der Waals surface area contributed by atoms with Gasteiger partial charge in [0.05, 0.1) is 5.60 Å². The summed E-state index contributed by atoms with van der Waals surface area (Å²) in [5.41, 5.74) is 1.42. The number of carbonyl (C=O) groups is 1. The Hall–Kier alpha value is -0.930. The summed E-state index contributed by atoms with van der Waals surface area (Å²) >= 11 is 0. The monoisotopic (exact) mass is 368 g/mol. The summed E-state index contributed by atoms with van der Waals surface area (Å²) in [5.74, 6) is 5.36. The zero-order chi connectivity index (χ0) is 18.6. The van der Waals surface area contributed by atoms with Crippen molar-refractivity contribution in [3.8, 4) is 0 Å². The highest BCUT2D eigenvalue weighted by molar-refractivity contribution is 5.91. The number of carbonyl (C=O) groups excluding carboxylic acids is 1. The molecule has 0 saturated heterocycles. The number of aliphatic hydroxyl groups is 1. The van der Waals surface area contributed by atoms with Gasteiger partial charge in [-0.15, -0.1) is 0 Å². The maximum absolute atomic E-state index is 12.0. The van der Waals surface area contributed by atoms with Gasteiger partial charge in [-0.05, 0) is 85.7 Å². The van der Waals surface area contributed by atoms with Gasteiger partial charge in [0.2, 0.25) is 0 Å². The first kappa shape index (κ1) is 17.0. The van der Waals surface area contributed by atoms with Gasteiger partial charge in [-0.2, -0.15) is 0 Å². The summed E-state index contributed by atoms with van der Waals surface area (Å²) in [6.45, 7) is 4.83. The molecule has 0 radical (unpaired) electrons. The lowest BCUT2D eigenvalue weighted by Gasteiger charge is -2.59. The van der Waals surface area contributed by atoms with Crippen LogP contribution in [-0.4, -0.2) is 22.8 Å². The summed E-state index contributed by atoms with van der Waals surface area (Å²) in [7, 11) is 0. The molecule has 1 aliphatic heterocycles. The standard InChI is InChI=1S/C24H32O3/c1-3-13-10-14-11-15(25)4-5-16(14)17-6-8-23(2)22(21(13)17)18-12-19(18)24(23)9-7-20(26)27-24/h7,9,11,13,16-22,26H,3-6,8,10,12H2,1-2H3/t13-,16-,17?,18-,19+,20?,21?,22?,23-,24-/m0/s1. The van der Waals surface area contributed by atoms with E-state index in [1.54, 1.807) is 0 Å². The molecule has 6 rings (SSSR count). The van der Waals surface area contributed by atoms with Crippen LogP contribution in [0.25, 0.3) is 0 Å². The highest BCUT2D eigenvalue weighted by atomic mass is 16.6. The molecule has 27 heavy (non-hydrogen) atoms. The topological polar surface area (TPSA) is 46.5 Å². The highest BCUT2D eigenvalue weighted by Gasteiger charge is 2.77. The molecule has 1 spiro atoms. The second-order valence-corrected chi connectivity index (χ2v) is 10.6. The zero-order valence-corrected chi connectivity index (χ0v) is 16.6. The number of hydrogen-bond donors (Lipinski definition) is 1. The minimum Gasteiger partial charge on any atom is -0.365 e. The second kappa shape index (κ2) is 5.36. The summed E-state index contributed by atoms with van der Waals surface area (Å²) in [6.07, 6.45) is 13.4. The Balaban J connectivity index is 1.41. The van der Waals surface area contributed by atoms with E-state index in [0.717, 1.165) is 42.9 Å². The van der Waals surface area contributed by atoms with Crippen LogP contribution in [0.3, 0.4) is 0 Å². The molecule has 0 aromatic rings. The molecule has 6 aliphatic rings. The van der Waals surface area contributed by atoms with Gasteiger partial charge in [-0.25, -0.2) is 0 Å². The Bertz CT molecular complexity index is 753. The predicted molar refractivity (Wildman–Crippen MR) is 103 cm³/mol. The molecule has 4 fully saturated rings.